The van der Waals surface area contributed by atoms with Gasteiger partial charge in [-0.05, 0) is 56.0 Å². The Balaban J connectivity index is 1.72. The molecule has 3 aromatic rings. The largest absolute Gasteiger partial charge is 0.480 e. The number of nitrogens with one attached hydrogen (secondary N) is 1. The number of nitrogens with zero attached hydrogens (tertiary/aromatic N) is 3. The fourth-order valence-corrected chi connectivity index (χ4v) is 3.99. The number of hydrogen-bond donors (Lipinski definition) is 1. The molecule has 0 bridgehead atoms. The number of thioether (sulfide) groups is 1. The van der Waals surface area contributed by atoms with E-state index < -0.39 is 11.9 Å². The van der Waals surface area contributed by atoms with E-state index in [0.29, 0.717) is 23.4 Å². The number of benzene rings is 2. The van der Waals surface area contributed by atoms with E-state index >= 15 is 0 Å². The van der Waals surface area contributed by atoms with Gasteiger partial charge in [0.2, 0.25) is 5.91 Å². The minimum absolute atomic E-state index is 0.111. The molecule has 1 amide bonds. The Labute approximate surface area is 192 Å². The Morgan fingerprint density at radius 2 is 1.88 bits per heavy atom. The zero-order valence-electron chi connectivity index (χ0n) is 19.1. The third-order valence-electron chi connectivity index (χ3n) is 5.01. The quantitative estimate of drug-likeness (QED) is 0.427. The number of carbonyl (C=O) groups is 1. The highest BCUT2D eigenvalue weighted by Gasteiger charge is 2.22. The van der Waals surface area contributed by atoms with E-state index in [2.05, 4.69) is 29.4 Å². The number of ether oxygens (including phenoxy) is 1. The first kappa shape index (κ1) is 23.8. The summed E-state index contributed by atoms with van der Waals surface area (Å²) in [6.45, 7) is 10.7. The third-order valence-corrected chi connectivity index (χ3v) is 5.98. The zero-order valence-corrected chi connectivity index (χ0v) is 19.9. The van der Waals surface area contributed by atoms with Crippen LogP contribution in [-0.4, -0.2) is 26.4 Å². The van der Waals surface area contributed by atoms with Crippen molar-refractivity contribution in [1.29, 1.82) is 0 Å². The van der Waals surface area contributed by atoms with Crippen LogP contribution in [0.15, 0.2) is 47.6 Å². The van der Waals surface area contributed by atoms with Crippen molar-refractivity contribution in [3.05, 3.63) is 65.2 Å². The van der Waals surface area contributed by atoms with E-state index in [1.165, 1.54) is 17.8 Å². The minimum atomic E-state index is -0.503. The molecular formula is C24H29FN4O2S. The van der Waals surface area contributed by atoms with Crippen molar-refractivity contribution >= 4 is 23.4 Å². The van der Waals surface area contributed by atoms with Crippen molar-refractivity contribution in [3.8, 4) is 5.75 Å². The summed E-state index contributed by atoms with van der Waals surface area (Å²) in [5.41, 5.74) is 2.99. The standard InChI is InChI=1S/C24H29FN4O2S/c1-15(2)13-29-23(18(5)31-21-12-7-6-10-19(21)25)27-28-24(29)32-14-22(30)26-20-11-8-9-16(3)17(20)4/h6-12,15,18H,13-14H2,1-5H3,(H,26,30). The third kappa shape index (κ3) is 5.88. The van der Waals surface area contributed by atoms with Gasteiger partial charge in [-0.3, -0.25) is 4.79 Å². The van der Waals surface area contributed by atoms with Crippen LogP contribution in [0.25, 0.3) is 0 Å². The molecule has 0 aliphatic heterocycles. The van der Waals surface area contributed by atoms with Crippen LogP contribution in [0.4, 0.5) is 10.1 Å². The molecule has 170 valence electrons. The van der Waals surface area contributed by atoms with Crippen molar-refractivity contribution in [2.75, 3.05) is 11.1 Å². The Morgan fingerprint density at radius 1 is 1.12 bits per heavy atom. The number of hydrogen-bond acceptors (Lipinski definition) is 5. The van der Waals surface area contributed by atoms with Gasteiger partial charge in [0, 0.05) is 12.2 Å². The van der Waals surface area contributed by atoms with Gasteiger partial charge in [-0.2, -0.15) is 0 Å². The molecular weight excluding hydrogens is 427 g/mol. The summed E-state index contributed by atoms with van der Waals surface area (Å²) >= 11 is 1.32. The van der Waals surface area contributed by atoms with Gasteiger partial charge in [0.05, 0.1) is 5.75 Å². The second kappa shape index (κ2) is 10.6. The fraction of sp³-hybridized carbons (Fsp3) is 0.375. The molecule has 0 saturated heterocycles. The van der Waals surface area contributed by atoms with Gasteiger partial charge in [-0.15, -0.1) is 10.2 Å². The molecule has 1 unspecified atom stereocenters. The molecule has 3 rings (SSSR count). The Kier molecular flexibility index (Phi) is 7.90. The molecule has 0 spiro atoms. The van der Waals surface area contributed by atoms with Gasteiger partial charge in [-0.1, -0.05) is 49.9 Å². The zero-order chi connectivity index (χ0) is 23.3. The van der Waals surface area contributed by atoms with Crippen LogP contribution in [0.5, 0.6) is 5.75 Å². The molecule has 0 fully saturated rings. The van der Waals surface area contributed by atoms with Crippen molar-refractivity contribution in [2.45, 2.75) is 52.4 Å². The Hall–Kier alpha value is -2.87. The summed E-state index contributed by atoms with van der Waals surface area (Å²) < 4.78 is 21.8. The summed E-state index contributed by atoms with van der Waals surface area (Å²) in [7, 11) is 0. The monoisotopic (exact) mass is 456 g/mol. The van der Waals surface area contributed by atoms with Gasteiger partial charge in [-0.25, -0.2) is 4.39 Å². The van der Waals surface area contributed by atoms with Crippen LogP contribution in [0.3, 0.4) is 0 Å². The molecule has 1 heterocycles. The second-order valence-electron chi connectivity index (χ2n) is 8.12. The van der Waals surface area contributed by atoms with E-state index in [0.717, 1.165) is 16.8 Å². The molecule has 1 aromatic heterocycles. The van der Waals surface area contributed by atoms with Crippen molar-refractivity contribution in [3.63, 3.8) is 0 Å². The normalized spacial score (nSPS) is 12.1. The molecule has 8 heteroatoms. The van der Waals surface area contributed by atoms with Crippen LogP contribution in [0.2, 0.25) is 0 Å². The Bertz CT molecular complexity index is 1080. The number of aromatic nitrogens is 3. The predicted octanol–water partition coefficient (Wildman–Crippen LogP) is 5.56. The molecule has 1 N–H and O–H groups in total. The maximum absolute atomic E-state index is 14.0. The molecule has 0 radical (unpaired) electrons. The highest BCUT2D eigenvalue weighted by molar-refractivity contribution is 7.99. The fourth-order valence-electron chi connectivity index (χ4n) is 3.23. The predicted molar refractivity (Wildman–Crippen MR) is 126 cm³/mol. The minimum Gasteiger partial charge on any atom is -0.480 e. The SMILES string of the molecule is Cc1cccc(NC(=O)CSc2nnc(C(C)Oc3ccccc3F)n2CC(C)C)c1C. The number of rotatable bonds is 9. The molecule has 0 aliphatic rings. The number of amides is 1. The van der Waals surface area contributed by atoms with Crippen LogP contribution < -0.4 is 10.1 Å². The lowest BCUT2D eigenvalue weighted by Crippen LogP contribution is -2.17. The van der Waals surface area contributed by atoms with E-state index in [-0.39, 0.29) is 17.4 Å². The molecule has 0 aliphatic carbocycles. The van der Waals surface area contributed by atoms with Crippen molar-refractivity contribution < 1.29 is 13.9 Å². The van der Waals surface area contributed by atoms with Crippen LogP contribution in [0, 0.1) is 25.6 Å². The van der Waals surface area contributed by atoms with Crippen molar-refractivity contribution in [2.24, 2.45) is 5.92 Å². The number of aryl methyl sites for hydroxylation is 1. The lowest BCUT2D eigenvalue weighted by molar-refractivity contribution is -0.113. The average Bonchev–Trinajstić information content (AvgIpc) is 3.13. The molecule has 2 aromatic carbocycles. The van der Waals surface area contributed by atoms with Gasteiger partial charge >= 0.3 is 0 Å². The molecule has 0 saturated carbocycles. The van der Waals surface area contributed by atoms with E-state index in [4.69, 9.17) is 4.74 Å². The maximum atomic E-state index is 14.0. The molecule has 1 atom stereocenters. The smallest absolute Gasteiger partial charge is 0.234 e. The van der Waals surface area contributed by atoms with Gasteiger partial charge in [0.25, 0.3) is 0 Å². The van der Waals surface area contributed by atoms with Gasteiger partial charge < -0.3 is 14.6 Å². The first-order chi connectivity index (χ1) is 15.3. The first-order valence-electron chi connectivity index (χ1n) is 10.6. The average molecular weight is 457 g/mol. The lowest BCUT2D eigenvalue weighted by atomic mass is 10.1. The number of halogens is 1. The Morgan fingerprint density at radius 3 is 2.59 bits per heavy atom. The van der Waals surface area contributed by atoms with Crippen molar-refractivity contribution in [1.82, 2.24) is 14.8 Å². The highest BCUT2D eigenvalue weighted by Crippen LogP contribution is 2.27. The van der Waals surface area contributed by atoms with Gasteiger partial charge in [0.15, 0.2) is 28.7 Å². The van der Waals surface area contributed by atoms with E-state index in [1.807, 2.05) is 43.5 Å². The summed E-state index contributed by atoms with van der Waals surface area (Å²) in [6.07, 6.45) is -0.503. The van der Waals surface area contributed by atoms with E-state index in [9.17, 15) is 9.18 Å². The summed E-state index contributed by atoms with van der Waals surface area (Å²) in [6, 6.07) is 12.1. The van der Waals surface area contributed by atoms with Crippen LogP contribution >= 0.6 is 11.8 Å². The number of para-hydroxylation sites is 1. The summed E-state index contributed by atoms with van der Waals surface area (Å²) in [5.74, 6) is 0.757. The summed E-state index contributed by atoms with van der Waals surface area (Å²) in [4.78, 5) is 12.5. The van der Waals surface area contributed by atoms with Gasteiger partial charge in [0.1, 0.15) is 0 Å². The maximum Gasteiger partial charge on any atom is 0.234 e. The number of carbonyl (C=O) groups excluding carboxylic acids is 1. The molecule has 6 nitrogen and oxygen atoms in total. The first-order valence-corrected chi connectivity index (χ1v) is 11.6. The summed E-state index contributed by atoms with van der Waals surface area (Å²) in [5, 5.41) is 12.2. The highest BCUT2D eigenvalue weighted by atomic mass is 32.2. The van der Waals surface area contributed by atoms with Crippen LogP contribution in [0.1, 0.15) is 43.8 Å². The van der Waals surface area contributed by atoms with E-state index in [1.54, 1.807) is 18.2 Å². The van der Waals surface area contributed by atoms with Crippen LogP contribution in [-0.2, 0) is 11.3 Å². The second-order valence-corrected chi connectivity index (χ2v) is 9.06. The topological polar surface area (TPSA) is 69.0 Å². The number of anilines is 1. The lowest BCUT2D eigenvalue weighted by Gasteiger charge is -2.18. The molecule has 32 heavy (non-hydrogen) atoms.